The molecule has 0 unspecified atom stereocenters. The van der Waals surface area contributed by atoms with Crippen molar-refractivity contribution in [2.75, 3.05) is 19.3 Å². The van der Waals surface area contributed by atoms with E-state index in [-0.39, 0.29) is 24.0 Å². The van der Waals surface area contributed by atoms with Crippen LogP contribution in [0.15, 0.2) is 33.8 Å². The Morgan fingerprint density at radius 1 is 1.28 bits per heavy atom. The van der Waals surface area contributed by atoms with Crippen LogP contribution in [0.3, 0.4) is 0 Å². The van der Waals surface area contributed by atoms with Crippen LogP contribution in [0.2, 0.25) is 0 Å². The molecule has 3 rings (SSSR count). The molecular weight excluding hydrogens is 338 g/mol. The van der Waals surface area contributed by atoms with Gasteiger partial charge >= 0.3 is 0 Å². The lowest BCUT2D eigenvalue weighted by atomic mass is 9.90. The van der Waals surface area contributed by atoms with Gasteiger partial charge in [-0.2, -0.15) is 0 Å². The number of aromatic nitrogens is 2. The second-order valence-corrected chi connectivity index (χ2v) is 7.12. The number of thioether (sulfide) groups is 1. The minimum atomic E-state index is -0.144. The monoisotopic (exact) mass is 359 g/mol. The first-order valence-electron chi connectivity index (χ1n) is 8.32. The van der Waals surface area contributed by atoms with Crippen molar-refractivity contribution in [1.82, 2.24) is 15.2 Å². The first-order valence-corrected chi connectivity index (χ1v) is 9.55. The number of aryl methyl sites for hydroxylation is 1. The second-order valence-electron chi connectivity index (χ2n) is 6.24. The third kappa shape index (κ3) is 4.10. The lowest BCUT2D eigenvalue weighted by Gasteiger charge is -2.32. The fourth-order valence-electron chi connectivity index (χ4n) is 3.07. The van der Waals surface area contributed by atoms with Crippen LogP contribution in [-0.4, -0.2) is 46.2 Å². The van der Waals surface area contributed by atoms with Gasteiger partial charge in [-0.05, 0) is 38.2 Å². The van der Waals surface area contributed by atoms with E-state index in [9.17, 15) is 9.59 Å². The summed E-state index contributed by atoms with van der Waals surface area (Å²) >= 11 is 1.65. The number of amides is 1. The third-order valence-corrected chi connectivity index (χ3v) is 5.33. The summed E-state index contributed by atoms with van der Waals surface area (Å²) in [6.07, 6.45) is 3.82. The lowest BCUT2D eigenvalue weighted by Crippen LogP contribution is -2.43. The van der Waals surface area contributed by atoms with Crippen molar-refractivity contribution in [1.29, 1.82) is 0 Å². The van der Waals surface area contributed by atoms with Crippen molar-refractivity contribution in [2.24, 2.45) is 5.92 Å². The van der Waals surface area contributed by atoms with Gasteiger partial charge in [-0.15, -0.1) is 11.8 Å². The Kier molecular flexibility index (Phi) is 5.53. The molecule has 0 N–H and O–H groups in total. The summed E-state index contributed by atoms with van der Waals surface area (Å²) in [7, 11) is 0. The largest absolute Gasteiger partial charge is 0.342 e. The summed E-state index contributed by atoms with van der Waals surface area (Å²) in [5.41, 5.74) is 1.91. The molecule has 0 spiro atoms. The SMILES string of the molecule is CSc1ccc(C(=O)[C@@H]2CCCN(C(=O)Cc3nonc3C)C2)cc1. The highest BCUT2D eigenvalue weighted by atomic mass is 32.2. The maximum Gasteiger partial charge on any atom is 0.228 e. The molecule has 0 radical (unpaired) electrons. The number of hydrogen-bond donors (Lipinski definition) is 0. The van der Waals surface area contributed by atoms with E-state index in [2.05, 4.69) is 14.9 Å². The summed E-state index contributed by atoms with van der Waals surface area (Å²) in [5, 5.41) is 7.47. The second kappa shape index (κ2) is 7.82. The molecule has 1 saturated heterocycles. The number of nitrogens with zero attached hydrogens (tertiary/aromatic N) is 3. The zero-order valence-corrected chi connectivity index (χ0v) is 15.2. The number of piperidine rings is 1. The highest BCUT2D eigenvalue weighted by Gasteiger charge is 2.29. The van der Waals surface area contributed by atoms with Gasteiger partial charge in [0.2, 0.25) is 5.91 Å². The zero-order chi connectivity index (χ0) is 17.8. The number of carbonyl (C=O) groups excluding carboxylic acids is 2. The summed E-state index contributed by atoms with van der Waals surface area (Å²) in [6.45, 7) is 2.91. The van der Waals surface area contributed by atoms with E-state index in [1.165, 1.54) is 0 Å². The van der Waals surface area contributed by atoms with Crippen molar-refractivity contribution in [3.05, 3.63) is 41.2 Å². The molecule has 1 fully saturated rings. The maximum atomic E-state index is 12.8. The van der Waals surface area contributed by atoms with Gasteiger partial charge in [0, 0.05) is 29.5 Å². The normalized spacial score (nSPS) is 17.5. The van der Waals surface area contributed by atoms with Gasteiger partial charge in [0.15, 0.2) is 5.78 Å². The third-order valence-electron chi connectivity index (χ3n) is 4.58. The quantitative estimate of drug-likeness (QED) is 0.603. The van der Waals surface area contributed by atoms with E-state index >= 15 is 0 Å². The Balaban J connectivity index is 1.64. The smallest absolute Gasteiger partial charge is 0.228 e. The van der Waals surface area contributed by atoms with Crippen molar-refractivity contribution in [2.45, 2.75) is 31.1 Å². The molecule has 6 nitrogen and oxygen atoms in total. The van der Waals surface area contributed by atoms with E-state index in [4.69, 9.17) is 0 Å². The molecular formula is C18H21N3O3S. The van der Waals surface area contributed by atoms with Gasteiger partial charge in [-0.25, -0.2) is 4.63 Å². The Morgan fingerprint density at radius 2 is 2.04 bits per heavy atom. The molecule has 0 aliphatic carbocycles. The van der Waals surface area contributed by atoms with Crippen LogP contribution in [0.5, 0.6) is 0 Å². The Bertz CT molecular complexity index is 757. The van der Waals surface area contributed by atoms with Crippen LogP contribution in [-0.2, 0) is 11.2 Å². The Labute approximate surface area is 150 Å². The van der Waals surface area contributed by atoms with E-state index < -0.39 is 0 Å². The molecule has 25 heavy (non-hydrogen) atoms. The van der Waals surface area contributed by atoms with Crippen LogP contribution in [0, 0.1) is 12.8 Å². The van der Waals surface area contributed by atoms with E-state index in [0.717, 1.165) is 17.7 Å². The van der Waals surface area contributed by atoms with Crippen molar-refractivity contribution in [3.8, 4) is 0 Å². The number of hydrogen-bond acceptors (Lipinski definition) is 6. The van der Waals surface area contributed by atoms with Crippen LogP contribution in [0.4, 0.5) is 0 Å². The van der Waals surface area contributed by atoms with Crippen molar-refractivity contribution in [3.63, 3.8) is 0 Å². The summed E-state index contributed by atoms with van der Waals surface area (Å²) in [5.74, 6) is -0.0622. The minimum absolute atomic E-state index is 0.0333. The van der Waals surface area contributed by atoms with Crippen LogP contribution in [0.1, 0.15) is 34.6 Å². The minimum Gasteiger partial charge on any atom is -0.342 e. The fraction of sp³-hybridized carbons (Fsp3) is 0.444. The van der Waals surface area contributed by atoms with Gasteiger partial charge in [0.05, 0.1) is 6.42 Å². The Hall–Kier alpha value is -2.15. The number of rotatable bonds is 5. The number of carbonyl (C=O) groups is 2. The van der Waals surface area contributed by atoms with E-state index in [0.29, 0.717) is 30.0 Å². The molecule has 2 heterocycles. The fourth-order valence-corrected chi connectivity index (χ4v) is 3.48. The highest BCUT2D eigenvalue weighted by Crippen LogP contribution is 2.23. The average Bonchev–Trinajstić information content (AvgIpc) is 3.06. The predicted octanol–water partition coefficient (Wildman–Crippen LogP) is 2.76. The van der Waals surface area contributed by atoms with Crippen LogP contribution >= 0.6 is 11.8 Å². The van der Waals surface area contributed by atoms with Gasteiger partial charge in [-0.1, -0.05) is 22.4 Å². The number of Topliss-reactive ketones (excluding diaryl/α,β-unsaturated/α-hetero) is 1. The number of ketones is 1. The zero-order valence-electron chi connectivity index (χ0n) is 14.4. The van der Waals surface area contributed by atoms with E-state index in [1.54, 1.807) is 23.6 Å². The first kappa shape index (κ1) is 17.7. The van der Waals surface area contributed by atoms with Gasteiger partial charge < -0.3 is 4.90 Å². The lowest BCUT2D eigenvalue weighted by molar-refractivity contribution is -0.132. The van der Waals surface area contributed by atoms with Crippen molar-refractivity contribution >= 4 is 23.5 Å². The van der Waals surface area contributed by atoms with Crippen molar-refractivity contribution < 1.29 is 14.2 Å². The molecule has 1 atom stereocenters. The molecule has 0 saturated carbocycles. The average molecular weight is 359 g/mol. The molecule has 1 aliphatic rings. The molecule has 1 amide bonds. The molecule has 132 valence electrons. The standard InChI is InChI=1S/C18H21N3O3S/c1-12-16(20-24-19-12)10-17(22)21-9-3-4-14(11-21)18(23)13-5-7-15(25-2)8-6-13/h5-8,14H,3-4,9-11H2,1-2H3/t14-/m1/s1. The van der Waals surface area contributed by atoms with E-state index in [1.807, 2.05) is 30.5 Å². The molecule has 1 aromatic carbocycles. The molecule has 1 aromatic heterocycles. The number of benzene rings is 1. The topological polar surface area (TPSA) is 76.3 Å². The first-order chi connectivity index (χ1) is 12.1. The summed E-state index contributed by atoms with van der Waals surface area (Å²) in [4.78, 5) is 28.2. The maximum absolute atomic E-state index is 12.8. The predicted molar refractivity (Wildman–Crippen MR) is 94.6 cm³/mol. The number of likely N-dealkylation sites (tertiary alicyclic amines) is 1. The Morgan fingerprint density at radius 3 is 2.68 bits per heavy atom. The molecule has 2 aromatic rings. The summed E-state index contributed by atoms with van der Waals surface area (Å²) < 4.78 is 4.64. The van der Waals surface area contributed by atoms with Crippen LogP contribution < -0.4 is 0 Å². The highest BCUT2D eigenvalue weighted by molar-refractivity contribution is 7.98. The van der Waals surface area contributed by atoms with Gasteiger partial charge in [0.1, 0.15) is 11.4 Å². The van der Waals surface area contributed by atoms with Crippen LogP contribution in [0.25, 0.3) is 0 Å². The van der Waals surface area contributed by atoms with Gasteiger partial charge in [-0.3, -0.25) is 9.59 Å². The molecule has 7 heteroatoms. The van der Waals surface area contributed by atoms with Gasteiger partial charge in [0.25, 0.3) is 0 Å². The summed E-state index contributed by atoms with van der Waals surface area (Å²) in [6, 6.07) is 7.67. The molecule has 1 aliphatic heterocycles. The molecule has 0 bridgehead atoms.